The lowest BCUT2D eigenvalue weighted by Gasteiger charge is -2.16. The molecule has 5 heteroatoms. The summed E-state index contributed by atoms with van der Waals surface area (Å²) in [5.41, 5.74) is 0. The molecule has 0 aromatic carbocycles. The maximum absolute atomic E-state index is 4.34. The third-order valence-electron chi connectivity index (χ3n) is 3.11. The Kier molecular flexibility index (Phi) is 3.41. The number of hydrogen-bond acceptors (Lipinski definition) is 5. The summed E-state index contributed by atoms with van der Waals surface area (Å²) in [6.07, 6.45) is 4.17. The number of anilines is 2. The van der Waals surface area contributed by atoms with Crippen molar-refractivity contribution in [3.05, 3.63) is 34.8 Å². The summed E-state index contributed by atoms with van der Waals surface area (Å²) in [7, 11) is 0. The Hall–Kier alpha value is -1.62. The van der Waals surface area contributed by atoms with E-state index < -0.39 is 0 Å². The fourth-order valence-corrected chi connectivity index (χ4v) is 2.80. The molecule has 2 aromatic rings. The van der Waals surface area contributed by atoms with Gasteiger partial charge in [-0.15, -0.1) is 11.3 Å². The van der Waals surface area contributed by atoms with Gasteiger partial charge in [0.25, 0.3) is 0 Å². The van der Waals surface area contributed by atoms with E-state index in [0.717, 1.165) is 31.3 Å². The highest BCUT2D eigenvalue weighted by atomic mass is 32.1. The lowest BCUT2D eigenvalue weighted by Crippen LogP contribution is -2.19. The molecule has 4 nitrogen and oxygen atoms in total. The van der Waals surface area contributed by atoms with Gasteiger partial charge < -0.3 is 10.2 Å². The lowest BCUT2D eigenvalue weighted by molar-refractivity contribution is 0.926. The van der Waals surface area contributed by atoms with Gasteiger partial charge >= 0.3 is 0 Å². The summed E-state index contributed by atoms with van der Waals surface area (Å²) in [4.78, 5) is 12.2. The van der Waals surface area contributed by atoms with Crippen LogP contribution in [0.4, 0.5) is 11.6 Å². The number of rotatable bonds is 4. The van der Waals surface area contributed by atoms with Crippen molar-refractivity contribution in [3.8, 4) is 0 Å². The monoisotopic (exact) mass is 260 g/mol. The van der Waals surface area contributed by atoms with Gasteiger partial charge in [0.2, 0.25) is 0 Å². The molecule has 0 atom stereocenters. The van der Waals surface area contributed by atoms with Crippen molar-refractivity contribution >= 4 is 23.0 Å². The highest BCUT2D eigenvalue weighted by Gasteiger charge is 2.13. The SMILES string of the molecule is c1csc(CNc2cc(N3CCCC3)ncn2)c1. The second kappa shape index (κ2) is 5.35. The van der Waals surface area contributed by atoms with Crippen molar-refractivity contribution in [3.63, 3.8) is 0 Å². The summed E-state index contributed by atoms with van der Waals surface area (Å²) in [5.74, 6) is 1.94. The molecule has 18 heavy (non-hydrogen) atoms. The Morgan fingerprint density at radius 3 is 2.94 bits per heavy atom. The predicted octanol–water partition coefficient (Wildman–Crippen LogP) is 2.75. The summed E-state index contributed by atoms with van der Waals surface area (Å²) >= 11 is 1.76. The second-order valence-electron chi connectivity index (χ2n) is 4.39. The third-order valence-corrected chi connectivity index (χ3v) is 3.98. The maximum atomic E-state index is 4.34. The van der Waals surface area contributed by atoms with Crippen LogP contribution >= 0.6 is 11.3 Å². The van der Waals surface area contributed by atoms with Crippen LogP contribution in [0, 0.1) is 0 Å². The van der Waals surface area contributed by atoms with Gasteiger partial charge in [-0.05, 0) is 24.3 Å². The van der Waals surface area contributed by atoms with Crippen LogP contribution in [0.1, 0.15) is 17.7 Å². The Morgan fingerprint density at radius 1 is 1.28 bits per heavy atom. The van der Waals surface area contributed by atoms with Gasteiger partial charge in [0, 0.05) is 24.0 Å². The molecule has 0 saturated carbocycles. The van der Waals surface area contributed by atoms with E-state index in [1.165, 1.54) is 17.7 Å². The van der Waals surface area contributed by atoms with Crippen LogP contribution in [0.2, 0.25) is 0 Å². The van der Waals surface area contributed by atoms with Gasteiger partial charge in [0.05, 0.1) is 6.54 Å². The Morgan fingerprint density at radius 2 is 2.17 bits per heavy atom. The smallest absolute Gasteiger partial charge is 0.134 e. The van der Waals surface area contributed by atoms with Gasteiger partial charge in [-0.1, -0.05) is 6.07 Å². The molecular weight excluding hydrogens is 244 g/mol. The van der Waals surface area contributed by atoms with Crippen molar-refractivity contribution in [2.24, 2.45) is 0 Å². The third kappa shape index (κ3) is 2.61. The van der Waals surface area contributed by atoms with Crippen molar-refractivity contribution in [1.82, 2.24) is 9.97 Å². The standard InChI is InChI=1S/C13H16N4S/c1-2-6-17(5-1)13-8-12(15-10-16-13)14-9-11-4-3-7-18-11/h3-4,7-8,10H,1-2,5-6,9H2,(H,14,15,16). The maximum Gasteiger partial charge on any atom is 0.134 e. The molecular formula is C13H16N4S. The molecule has 1 fully saturated rings. The zero-order valence-corrected chi connectivity index (χ0v) is 11.0. The number of hydrogen-bond donors (Lipinski definition) is 1. The molecule has 3 rings (SSSR count). The Bertz CT molecular complexity index is 491. The summed E-state index contributed by atoms with van der Waals surface area (Å²) in [6.45, 7) is 3.05. The average Bonchev–Trinajstić information content (AvgIpc) is 3.10. The molecule has 94 valence electrons. The molecule has 1 N–H and O–H groups in total. The van der Waals surface area contributed by atoms with E-state index in [1.54, 1.807) is 17.7 Å². The summed E-state index contributed by atoms with van der Waals surface area (Å²) in [6, 6.07) is 6.23. The van der Waals surface area contributed by atoms with Crippen molar-refractivity contribution in [1.29, 1.82) is 0 Å². The number of thiophene rings is 1. The highest BCUT2D eigenvalue weighted by molar-refractivity contribution is 7.09. The van der Waals surface area contributed by atoms with E-state index in [-0.39, 0.29) is 0 Å². The molecule has 1 saturated heterocycles. The zero-order valence-electron chi connectivity index (χ0n) is 10.2. The molecule has 0 unspecified atom stereocenters. The first-order valence-corrected chi connectivity index (χ1v) is 7.13. The summed E-state index contributed by atoms with van der Waals surface area (Å²) < 4.78 is 0. The minimum absolute atomic E-state index is 0.827. The number of nitrogens with zero attached hydrogens (tertiary/aromatic N) is 3. The van der Waals surface area contributed by atoms with Crippen LogP contribution in [0.15, 0.2) is 29.9 Å². The molecule has 0 bridgehead atoms. The van der Waals surface area contributed by atoms with E-state index in [1.807, 2.05) is 6.07 Å². The van der Waals surface area contributed by atoms with Crippen molar-refractivity contribution in [2.45, 2.75) is 19.4 Å². The lowest BCUT2D eigenvalue weighted by atomic mass is 10.4. The van der Waals surface area contributed by atoms with E-state index in [2.05, 4.69) is 37.7 Å². The first-order valence-electron chi connectivity index (χ1n) is 6.25. The molecule has 2 aromatic heterocycles. The van der Waals surface area contributed by atoms with Gasteiger partial charge in [0.15, 0.2) is 0 Å². The van der Waals surface area contributed by atoms with Gasteiger partial charge in [-0.2, -0.15) is 0 Å². The summed E-state index contributed by atoms with van der Waals surface area (Å²) in [5, 5.41) is 5.43. The van der Waals surface area contributed by atoms with Gasteiger partial charge in [0.1, 0.15) is 18.0 Å². The largest absolute Gasteiger partial charge is 0.365 e. The predicted molar refractivity (Wildman–Crippen MR) is 75.1 cm³/mol. The fraction of sp³-hybridized carbons (Fsp3) is 0.385. The highest BCUT2D eigenvalue weighted by Crippen LogP contribution is 2.19. The Balaban J connectivity index is 1.66. The van der Waals surface area contributed by atoms with Crippen molar-refractivity contribution < 1.29 is 0 Å². The molecule has 1 aliphatic rings. The molecule has 0 aliphatic carbocycles. The topological polar surface area (TPSA) is 41.0 Å². The molecule has 0 radical (unpaired) electrons. The number of aromatic nitrogens is 2. The van der Waals surface area contributed by atoms with Crippen LogP contribution in [0.3, 0.4) is 0 Å². The normalized spacial score (nSPS) is 15.0. The van der Waals surface area contributed by atoms with E-state index in [0.29, 0.717) is 0 Å². The van der Waals surface area contributed by atoms with E-state index in [9.17, 15) is 0 Å². The average molecular weight is 260 g/mol. The quantitative estimate of drug-likeness (QED) is 0.917. The van der Waals surface area contributed by atoms with Crippen LogP contribution in [-0.2, 0) is 6.54 Å². The molecule has 0 amide bonds. The first-order chi connectivity index (χ1) is 8.92. The van der Waals surface area contributed by atoms with E-state index >= 15 is 0 Å². The van der Waals surface area contributed by atoms with Crippen LogP contribution in [0.5, 0.6) is 0 Å². The first kappa shape index (κ1) is 11.5. The van der Waals surface area contributed by atoms with Crippen LogP contribution in [0.25, 0.3) is 0 Å². The molecule has 3 heterocycles. The molecule has 0 spiro atoms. The molecule has 1 aliphatic heterocycles. The van der Waals surface area contributed by atoms with Gasteiger partial charge in [-0.3, -0.25) is 0 Å². The zero-order chi connectivity index (χ0) is 12.2. The van der Waals surface area contributed by atoms with Gasteiger partial charge in [-0.25, -0.2) is 9.97 Å². The number of nitrogens with one attached hydrogen (secondary N) is 1. The van der Waals surface area contributed by atoms with E-state index in [4.69, 9.17) is 0 Å². The van der Waals surface area contributed by atoms with Crippen LogP contribution in [-0.4, -0.2) is 23.1 Å². The van der Waals surface area contributed by atoms with Crippen LogP contribution < -0.4 is 10.2 Å². The van der Waals surface area contributed by atoms with Crippen molar-refractivity contribution in [2.75, 3.05) is 23.3 Å². The fourth-order valence-electron chi connectivity index (χ4n) is 2.15. The minimum Gasteiger partial charge on any atom is -0.365 e. The minimum atomic E-state index is 0.827. The second-order valence-corrected chi connectivity index (χ2v) is 5.42. The Labute approximate surface area is 111 Å².